The molecule has 0 saturated heterocycles. The molecule has 1 aromatic carbocycles. The number of nitrogens with one attached hydrogen (secondary N) is 1. The average Bonchev–Trinajstić information content (AvgIpc) is 2.76. The second kappa shape index (κ2) is 5.09. The number of benzene rings is 1. The van der Waals surface area contributed by atoms with Gasteiger partial charge in [0.25, 0.3) is 0 Å². The lowest BCUT2D eigenvalue weighted by Gasteiger charge is -2.18. The van der Waals surface area contributed by atoms with Crippen LogP contribution in [-0.2, 0) is 4.74 Å². The smallest absolute Gasteiger partial charge is 0.413 e. The largest absolute Gasteiger partial charge is 0.444 e. The summed E-state index contributed by atoms with van der Waals surface area (Å²) in [5, 5.41) is 10.3. The second-order valence-corrected chi connectivity index (χ2v) is 5.01. The quantitative estimate of drug-likeness (QED) is 0.901. The molecule has 0 atom stereocenters. The molecule has 0 spiro atoms. The van der Waals surface area contributed by atoms with Crippen LogP contribution in [0.2, 0.25) is 0 Å². The van der Waals surface area contributed by atoms with Gasteiger partial charge in [0.15, 0.2) is 5.82 Å². The van der Waals surface area contributed by atoms with Gasteiger partial charge >= 0.3 is 6.09 Å². The predicted molar refractivity (Wildman–Crippen MR) is 71.2 cm³/mol. The number of rotatable bonds is 2. The Bertz CT molecular complexity index is 558. The molecule has 0 aliphatic heterocycles. The van der Waals surface area contributed by atoms with Gasteiger partial charge in [0.1, 0.15) is 5.60 Å². The highest BCUT2D eigenvalue weighted by Gasteiger charge is 2.17. The topological polar surface area (TPSA) is 69.0 Å². The van der Waals surface area contributed by atoms with E-state index < -0.39 is 11.7 Å². The van der Waals surface area contributed by atoms with E-state index in [2.05, 4.69) is 15.6 Å². The molecule has 0 aliphatic carbocycles. The third-order valence-electron chi connectivity index (χ3n) is 2.14. The van der Waals surface area contributed by atoms with Crippen molar-refractivity contribution in [1.82, 2.24) is 15.0 Å². The highest BCUT2D eigenvalue weighted by atomic mass is 16.6. The Morgan fingerprint density at radius 3 is 2.58 bits per heavy atom. The summed E-state index contributed by atoms with van der Waals surface area (Å²) in [5.74, 6) is 0.345. The Morgan fingerprint density at radius 1 is 1.26 bits per heavy atom. The van der Waals surface area contributed by atoms with Gasteiger partial charge in [0.05, 0.1) is 11.9 Å². The van der Waals surface area contributed by atoms with Gasteiger partial charge in [-0.25, -0.2) is 9.48 Å². The molecule has 1 amide bonds. The van der Waals surface area contributed by atoms with Crippen LogP contribution >= 0.6 is 0 Å². The van der Waals surface area contributed by atoms with Gasteiger partial charge in [0, 0.05) is 0 Å². The van der Waals surface area contributed by atoms with Crippen LogP contribution in [0.15, 0.2) is 36.5 Å². The fourth-order valence-electron chi connectivity index (χ4n) is 1.44. The van der Waals surface area contributed by atoms with Crippen LogP contribution in [0.1, 0.15) is 20.8 Å². The first-order valence-electron chi connectivity index (χ1n) is 5.92. The number of anilines is 1. The first kappa shape index (κ1) is 13.1. The van der Waals surface area contributed by atoms with Crippen molar-refractivity contribution in [2.45, 2.75) is 26.4 Å². The lowest BCUT2D eigenvalue weighted by molar-refractivity contribution is 0.0635. The zero-order chi connectivity index (χ0) is 13.9. The van der Waals surface area contributed by atoms with Crippen LogP contribution in [0.25, 0.3) is 5.69 Å². The summed E-state index contributed by atoms with van der Waals surface area (Å²) in [4.78, 5) is 11.6. The van der Waals surface area contributed by atoms with Gasteiger partial charge in [-0.2, -0.15) is 0 Å². The molecule has 2 aromatic rings. The maximum Gasteiger partial charge on any atom is 0.413 e. The number of hydrogen-bond donors (Lipinski definition) is 1. The maximum absolute atomic E-state index is 11.6. The molecule has 0 unspecified atom stereocenters. The van der Waals surface area contributed by atoms with Crippen molar-refractivity contribution in [2.75, 3.05) is 5.32 Å². The standard InChI is InChI=1S/C13H16N4O2/c1-13(2,3)19-12(18)14-11-9-17(16-15-11)10-7-5-4-6-8-10/h4-9H,1-3H3,(H,14,18). The average molecular weight is 260 g/mol. The van der Waals surface area contributed by atoms with Crippen LogP contribution in [0, 0.1) is 0 Å². The summed E-state index contributed by atoms with van der Waals surface area (Å²) in [6.45, 7) is 5.40. The van der Waals surface area contributed by atoms with Crippen molar-refractivity contribution in [3.8, 4) is 5.69 Å². The number of para-hydroxylation sites is 1. The summed E-state index contributed by atoms with van der Waals surface area (Å²) in [6, 6.07) is 9.51. The predicted octanol–water partition coefficient (Wildman–Crippen LogP) is 2.61. The van der Waals surface area contributed by atoms with Gasteiger partial charge in [-0.15, -0.1) is 5.10 Å². The molecule has 100 valence electrons. The van der Waals surface area contributed by atoms with Gasteiger partial charge in [-0.3, -0.25) is 5.32 Å². The monoisotopic (exact) mass is 260 g/mol. The third kappa shape index (κ3) is 3.80. The summed E-state index contributed by atoms with van der Waals surface area (Å²) in [6.07, 6.45) is 1.08. The molecule has 6 heteroatoms. The minimum atomic E-state index is -0.549. The van der Waals surface area contributed by atoms with E-state index >= 15 is 0 Å². The van der Waals surface area contributed by atoms with E-state index in [9.17, 15) is 4.79 Å². The number of nitrogens with zero attached hydrogens (tertiary/aromatic N) is 3. The van der Waals surface area contributed by atoms with E-state index in [-0.39, 0.29) is 0 Å². The fourth-order valence-corrected chi connectivity index (χ4v) is 1.44. The van der Waals surface area contributed by atoms with Crippen LogP contribution in [0.3, 0.4) is 0 Å². The lowest BCUT2D eigenvalue weighted by Crippen LogP contribution is -2.27. The maximum atomic E-state index is 11.6. The Kier molecular flexibility index (Phi) is 3.50. The molecule has 0 aliphatic rings. The summed E-state index contributed by atoms with van der Waals surface area (Å²) in [5.41, 5.74) is 0.326. The molecule has 0 radical (unpaired) electrons. The van der Waals surface area contributed by atoms with Crippen molar-refractivity contribution in [2.24, 2.45) is 0 Å². The third-order valence-corrected chi connectivity index (χ3v) is 2.14. The van der Waals surface area contributed by atoms with Gasteiger partial charge in [-0.05, 0) is 32.9 Å². The fraction of sp³-hybridized carbons (Fsp3) is 0.308. The van der Waals surface area contributed by atoms with Gasteiger partial charge in [0.2, 0.25) is 0 Å². The molecule has 6 nitrogen and oxygen atoms in total. The van der Waals surface area contributed by atoms with Gasteiger partial charge < -0.3 is 4.74 Å². The minimum absolute atomic E-state index is 0.345. The van der Waals surface area contributed by atoms with Crippen molar-refractivity contribution in [1.29, 1.82) is 0 Å². The number of carbonyl (C=O) groups excluding carboxylic acids is 1. The summed E-state index contributed by atoms with van der Waals surface area (Å²) in [7, 11) is 0. The summed E-state index contributed by atoms with van der Waals surface area (Å²) < 4.78 is 6.71. The van der Waals surface area contributed by atoms with E-state index in [1.165, 1.54) is 0 Å². The highest BCUT2D eigenvalue weighted by Crippen LogP contribution is 2.11. The van der Waals surface area contributed by atoms with E-state index in [1.807, 2.05) is 30.3 Å². The number of amides is 1. The number of ether oxygens (including phenoxy) is 1. The molecule has 1 N–H and O–H groups in total. The Morgan fingerprint density at radius 2 is 1.95 bits per heavy atom. The lowest BCUT2D eigenvalue weighted by atomic mass is 10.2. The molecular formula is C13H16N4O2. The van der Waals surface area contributed by atoms with Crippen LogP contribution in [0.4, 0.5) is 10.6 Å². The zero-order valence-electron chi connectivity index (χ0n) is 11.1. The molecule has 19 heavy (non-hydrogen) atoms. The summed E-state index contributed by atoms with van der Waals surface area (Å²) >= 11 is 0. The van der Waals surface area contributed by atoms with Crippen molar-refractivity contribution >= 4 is 11.9 Å². The van der Waals surface area contributed by atoms with Crippen molar-refractivity contribution < 1.29 is 9.53 Å². The number of aromatic nitrogens is 3. The van der Waals surface area contributed by atoms with Gasteiger partial charge in [-0.1, -0.05) is 23.4 Å². The van der Waals surface area contributed by atoms with Crippen molar-refractivity contribution in [3.05, 3.63) is 36.5 Å². The minimum Gasteiger partial charge on any atom is -0.444 e. The Balaban J connectivity index is 2.04. The molecule has 2 rings (SSSR count). The molecule has 1 aromatic heterocycles. The second-order valence-electron chi connectivity index (χ2n) is 5.01. The Hall–Kier alpha value is -2.37. The van der Waals surface area contributed by atoms with E-state index in [1.54, 1.807) is 31.6 Å². The first-order chi connectivity index (χ1) is 8.94. The first-order valence-corrected chi connectivity index (χ1v) is 5.92. The molecule has 1 heterocycles. The zero-order valence-corrected chi connectivity index (χ0v) is 11.1. The SMILES string of the molecule is CC(C)(C)OC(=O)Nc1cn(-c2ccccc2)nn1. The highest BCUT2D eigenvalue weighted by molar-refractivity contribution is 5.83. The molecule has 0 saturated carbocycles. The molecule has 0 bridgehead atoms. The molecule has 0 fully saturated rings. The van der Waals surface area contributed by atoms with Crippen molar-refractivity contribution in [3.63, 3.8) is 0 Å². The van der Waals surface area contributed by atoms with E-state index in [0.717, 1.165) is 5.69 Å². The van der Waals surface area contributed by atoms with Crippen LogP contribution in [-0.4, -0.2) is 26.7 Å². The van der Waals surface area contributed by atoms with Crippen LogP contribution < -0.4 is 5.32 Å². The molecular weight excluding hydrogens is 244 g/mol. The number of hydrogen-bond acceptors (Lipinski definition) is 4. The van der Waals surface area contributed by atoms with E-state index in [4.69, 9.17) is 4.74 Å². The number of carbonyl (C=O) groups is 1. The normalized spacial score (nSPS) is 11.1. The van der Waals surface area contributed by atoms with Crippen LogP contribution in [0.5, 0.6) is 0 Å². The Labute approximate surface area is 111 Å². The van der Waals surface area contributed by atoms with E-state index in [0.29, 0.717) is 5.82 Å².